The highest BCUT2D eigenvalue weighted by atomic mass is 15.1. The van der Waals surface area contributed by atoms with Crippen LogP contribution in [0.2, 0.25) is 0 Å². The minimum Gasteiger partial charge on any atom is -0.308 e. The number of hydrogen-bond acceptors (Lipinski definition) is 1. The smallest absolute Gasteiger partial charge is 0.0278 e. The SMILES string of the molecule is CC1CCC(c2ccccc2)(C(C)CCC2(C)CN2)CC1. The van der Waals surface area contributed by atoms with E-state index >= 15 is 0 Å². The van der Waals surface area contributed by atoms with Gasteiger partial charge in [0.1, 0.15) is 0 Å². The van der Waals surface area contributed by atoms with Crippen LogP contribution in [0.1, 0.15) is 64.9 Å². The van der Waals surface area contributed by atoms with Gasteiger partial charge in [0.15, 0.2) is 0 Å². The molecule has 2 aliphatic rings. The Morgan fingerprint density at radius 1 is 1.19 bits per heavy atom. The van der Waals surface area contributed by atoms with Gasteiger partial charge in [-0.1, -0.05) is 44.2 Å². The van der Waals surface area contributed by atoms with Crippen LogP contribution in [-0.4, -0.2) is 12.1 Å². The van der Waals surface area contributed by atoms with Crippen LogP contribution >= 0.6 is 0 Å². The van der Waals surface area contributed by atoms with Crippen molar-refractivity contribution in [1.82, 2.24) is 5.32 Å². The molecule has 1 aromatic carbocycles. The summed E-state index contributed by atoms with van der Waals surface area (Å²) in [7, 11) is 0. The van der Waals surface area contributed by atoms with E-state index in [9.17, 15) is 0 Å². The zero-order valence-corrected chi connectivity index (χ0v) is 14.0. The summed E-state index contributed by atoms with van der Waals surface area (Å²) in [5.41, 5.74) is 2.48. The van der Waals surface area contributed by atoms with Crippen molar-refractivity contribution < 1.29 is 0 Å². The minimum atomic E-state index is 0.430. The molecule has 0 aromatic heterocycles. The normalized spacial score (nSPS) is 37.2. The van der Waals surface area contributed by atoms with Crippen molar-refractivity contribution in [1.29, 1.82) is 0 Å². The average molecular weight is 285 g/mol. The molecule has 1 aliphatic heterocycles. The van der Waals surface area contributed by atoms with Gasteiger partial charge in [-0.15, -0.1) is 0 Å². The van der Waals surface area contributed by atoms with Crippen LogP contribution in [0.3, 0.4) is 0 Å². The summed E-state index contributed by atoms with van der Waals surface area (Å²) in [5.74, 6) is 1.70. The molecule has 1 aliphatic carbocycles. The number of rotatable bonds is 5. The summed E-state index contributed by atoms with van der Waals surface area (Å²) in [6.45, 7) is 8.52. The lowest BCUT2D eigenvalue weighted by atomic mass is 9.60. The predicted octanol–water partition coefficient (Wildman–Crippen LogP) is 4.91. The molecular formula is C20H31N. The molecule has 1 saturated carbocycles. The van der Waals surface area contributed by atoms with Crippen LogP contribution in [0.4, 0.5) is 0 Å². The lowest BCUT2D eigenvalue weighted by molar-refractivity contribution is 0.160. The maximum Gasteiger partial charge on any atom is 0.0278 e. The van der Waals surface area contributed by atoms with Gasteiger partial charge in [0, 0.05) is 12.1 Å². The Morgan fingerprint density at radius 2 is 1.81 bits per heavy atom. The first-order valence-corrected chi connectivity index (χ1v) is 8.85. The van der Waals surface area contributed by atoms with Crippen LogP contribution in [0, 0.1) is 11.8 Å². The summed E-state index contributed by atoms with van der Waals surface area (Å²) in [6, 6.07) is 11.4. The van der Waals surface area contributed by atoms with E-state index < -0.39 is 0 Å². The Bertz CT molecular complexity index is 452. The Morgan fingerprint density at radius 3 is 2.38 bits per heavy atom. The van der Waals surface area contributed by atoms with Gasteiger partial charge in [-0.25, -0.2) is 0 Å². The summed E-state index contributed by atoms with van der Waals surface area (Å²) < 4.78 is 0. The van der Waals surface area contributed by atoms with Gasteiger partial charge in [-0.2, -0.15) is 0 Å². The van der Waals surface area contributed by atoms with E-state index in [0.29, 0.717) is 11.0 Å². The fourth-order valence-electron chi connectivity index (χ4n) is 4.25. The van der Waals surface area contributed by atoms with Crippen molar-refractivity contribution in [2.45, 2.75) is 70.3 Å². The first-order chi connectivity index (χ1) is 10.0. The zero-order chi connectivity index (χ0) is 14.9. The highest BCUT2D eigenvalue weighted by Crippen LogP contribution is 2.48. The fraction of sp³-hybridized carbons (Fsp3) is 0.700. The quantitative estimate of drug-likeness (QED) is 0.763. The first kappa shape index (κ1) is 15.1. The van der Waals surface area contributed by atoms with Gasteiger partial charge in [-0.05, 0) is 68.3 Å². The number of hydrogen-bond donors (Lipinski definition) is 1. The summed E-state index contributed by atoms with van der Waals surface area (Å²) >= 11 is 0. The molecule has 2 unspecified atom stereocenters. The lowest BCUT2D eigenvalue weighted by Crippen LogP contribution is -2.38. The van der Waals surface area contributed by atoms with Crippen molar-refractivity contribution in [3.8, 4) is 0 Å². The molecule has 21 heavy (non-hydrogen) atoms. The van der Waals surface area contributed by atoms with Gasteiger partial charge in [0.05, 0.1) is 0 Å². The van der Waals surface area contributed by atoms with E-state index in [1.165, 1.54) is 45.1 Å². The van der Waals surface area contributed by atoms with E-state index in [2.05, 4.69) is 56.4 Å². The topological polar surface area (TPSA) is 21.9 Å². The van der Waals surface area contributed by atoms with Crippen LogP contribution in [0.5, 0.6) is 0 Å². The molecule has 2 atom stereocenters. The third-order valence-corrected chi connectivity index (χ3v) is 6.37. The third-order valence-electron chi connectivity index (χ3n) is 6.37. The molecule has 1 aromatic rings. The number of nitrogens with one attached hydrogen (secondary N) is 1. The Kier molecular flexibility index (Phi) is 4.14. The van der Waals surface area contributed by atoms with Crippen LogP contribution in [0.15, 0.2) is 30.3 Å². The minimum absolute atomic E-state index is 0.430. The van der Waals surface area contributed by atoms with Gasteiger partial charge in [-0.3, -0.25) is 0 Å². The van der Waals surface area contributed by atoms with Crippen LogP contribution in [-0.2, 0) is 5.41 Å². The van der Waals surface area contributed by atoms with Crippen molar-refractivity contribution >= 4 is 0 Å². The number of benzene rings is 1. The standard InChI is InChI=1S/C20H31N/c1-16-9-13-20(14-10-16,18-7-5-4-6-8-18)17(2)11-12-19(3)15-21-19/h4-8,16-17,21H,9-15H2,1-3H3. The van der Waals surface area contributed by atoms with Crippen molar-refractivity contribution in [2.75, 3.05) is 6.54 Å². The van der Waals surface area contributed by atoms with Gasteiger partial charge in [0.25, 0.3) is 0 Å². The van der Waals surface area contributed by atoms with Gasteiger partial charge < -0.3 is 5.32 Å². The molecule has 1 nitrogen and oxygen atoms in total. The van der Waals surface area contributed by atoms with Crippen molar-refractivity contribution in [3.05, 3.63) is 35.9 Å². The Labute approximate surface area is 130 Å². The summed E-state index contributed by atoms with van der Waals surface area (Å²) in [5, 5.41) is 3.53. The Balaban J connectivity index is 1.78. The predicted molar refractivity (Wildman–Crippen MR) is 90.6 cm³/mol. The molecule has 2 fully saturated rings. The molecule has 0 spiro atoms. The van der Waals surface area contributed by atoms with E-state index in [4.69, 9.17) is 0 Å². The second kappa shape index (κ2) is 5.76. The molecule has 1 heteroatoms. The molecule has 116 valence electrons. The average Bonchev–Trinajstić information content (AvgIpc) is 3.25. The van der Waals surface area contributed by atoms with Crippen LogP contribution < -0.4 is 5.32 Å². The maximum atomic E-state index is 3.53. The molecule has 0 bridgehead atoms. The van der Waals surface area contributed by atoms with Crippen molar-refractivity contribution in [3.63, 3.8) is 0 Å². The molecule has 1 saturated heterocycles. The second-order valence-corrected chi connectivity index (χ2v) is 8.06. The highest BCUT2D eigenvalue weighted by molar-refractivity contribution is 5.27. The first-order valence-electron chi connectivity index (χ1n) is 8.85. The molecule has 0 amide bonds. The lowest BCUT2D eigenvalue weighted by Gasteiger charge is -2.45. The molecule has 1 N–H and O–H groups in total. The molecule has 0 radical (unpaired) electrons. The van der Waals surface area contributed by atoms with E-state index in [1.54, 1.807) is 5.56 Å². The van der Waals surface area contributed by atoms with Gasteiger partial charge >= 0.3 is 0 Å². The highest BCUT2D eigenvalue weighted by Gasteiger charge is 2.42. The monoisotopic (exact) mass is 285 g/mol. The maximum absolute atomic E-state index is 3.53. The van der Waals surface area contributed by atoms with Crippen LogP contribution in [0.25, 0.3) is 0 Å². The summed E-state index contributed by atoms with van der Waals surface area (Å²) in [6.07, 6.45) is 8.24. The molecular weight excluding hydrogens is 254 g/mol. The summed E-state index contributed by atoms with van der Waals surface area (Å²) in [4.78, 5) is 0. The van der Waals surface area contributed by atoms with Crippen molar-refractivity contribution in [2.24, 2.45) is 11.8 Å². The third kappa shape index (κ3) is 3.18. The molecule has 3 rings (SSSR count). The zero-order valence-electron chi connectivity index (χ0n) is 14.0. The van der Waals surface area contributed by atoms with E-state index in [0.717, 1.165) is 11.8 Å². The largest absolute Gasteiger partial charge is 0.308 e. The molecule has 1 heterocycles. The van der Waals surface area contributed by atoms with Gasteiger partial charge in [0.2, 0.25) is 0 Å². The second-order valence-electron chi connectivity index (χ2n) is 8.06. The van der Waals surface area contributed by atoms with E-state index in [-0.39, 0.29) is 0 Å². The van der Waals surface area contributed by atoms with E-state index in [1.807, 2.05) is 0 Å². The fourth-order valence-corrected chi connectivity index (χ4v) is 4.25. The Hall–Kier alpha value is -0.820.